The SMILES string of the molecule is C(=N\Nc1nnc(C2CC2)s1)/c1cnc(C2CC2)o1. The van der Waals surface area contributed by atoms with Crippen molar-refractivity contribution in [3.05, 3.63) is 22.9 Å². The first-order valence-corrected chi connectivity index (χ1v) is 7.28. The summed E-state index contributed by atoms with van der Waals surface area (Å²) in [6, 6.07) is 0. The summed E-state index contributed by atoms with van der Waals surface area (Å²) >= 11 is 1.57. The van der Waals surface area contributed by atoms with Gasteiger partial charge in [0, 0.05) is 11.8 Å². The lowest BCUT2D eigenvalue weighted by molar-refractivity contribution is 0.492. The van der Waals surface area contributed by atoms with E-state index in [0.29, 0.717) is 17.6 Å². The van der Waals surface area contributed by atoms with Gasteiger partial charge in [0.15, 0.2) is 11.7 Å². The summed E-state index contributed by atoms with van der Waals surface area (Å²) in [4.78, 5) is 4.23. The van der Waals surface area contributed by atoms with Gasteiger partial charge < -0.3 is 4.42 Å². The summed E-state index contributed by atoms with van der Waals surface area (Å²) in [7, 11) is 0. The normalized spacial score (nSPS) is 19.2. The number of rotatable bonds is 5. The number of hydrazone groups is 1. The molecule has 4 rings (SSSR count). The highest BCUT2D eigenvalue weighted by Gasteiger charge is 2.28. The summed E-state index contributed by atoms with van der Waals surface area (Å²) in [5, 5.41) is 14.1. The van der Waals surface area contributed by atoms with E-state index in [1.807, 2.05) is 0 Å². The number of anilines is 1. The molecule has 7 heteroatoms. The Balaban J connectivity index is 1.37. The molecule has 6 nitrogen and oxygen atoms in total. The van der Waals surface area contributed by atoms with Crippen molar-refractivity contribution >= 4 is 22.7 Å². The maximum absolute atomic E-state index is 5.57. The van der Waals surface area contributed by atoms with Crippen LogP contribution < -0.4 is 5.43 Å². The lowest BCUT2D eigenvalue weighted by Gasteiger charge is -1.90. The number of hydrogen-bond donors (Lipinski definition) is 1. The number of oxazole rings is 1. The number of hydrogen-bond acceptors (Lipinski definition) is 7. The van der Waals surface area contributed by atoms with Gasteiger partial charge in [0.05, 0.1) is 12.4 Å². The fraction of sp³-hybridized carbons (Fsp3) is 0.500. The lowest BCUT2D eigenvalue weighted by atomic mass is 10.4. The van der Waals surface area contributed by atoms with Gasteiger partial charge in [0.25, 0.3) is 0 Å². The Morgan fingerprint density at radius 3 is 2.89 bits per heavy atom. The van der Waals surface area contributed by atoms with Crippen LogP contribution in [0.25, 0.3) is 0 Å². The highest BCUT2D eigenvalue weighted by molar-refractivity contribution is 7.15. The van der Waals surface area contributed by atoms with Crippen molar-refractivity contribution in [1.29, 1.82) is 0 Å². The molecule has 2 fully saturated rings. The van der Waals surface area contributed by atoms with Crippen LogP contribution in [0.3, 0.4) is 0 Å². The zero-order chi connectivity index (χ0) is 12.7. The molecule has 2 aromatic heterocycles. The van der Waals surface area contributed by atoms with Gasteiger partial charge in [0.1, 0.15) is 5.01 Å². The van der Waals surface area contributed by atoms with Crippen LogP contribution >= 0.6 is 11.3 Å². The molecule has 0 atom stereocenters. The molecule has 2 aliphatic carbocycles. The van der Waals surface area contributed by atoms with Gasteiger partial charge in [-0.25, -0.2) is 4.98 Å². The van der Waals surface area contributed by atoms with Crippen LogP contribution in [-0.4, -0.2) is 21.4 Å². The average molecular weight is 275 g/mol. The molecule has 98 valence electrons. The highest BCUT2D eigenvalue weighted by Crippen LogP contribution is 2.42. The van der Waals surface area contributed by atoms with Crippen molar-refractivity contribution in [2.24, 2.45) is 5.10 Å². The van der Waals surface area contributed by atoms with Gasteiger partial charge in [-0.05, 0) is 25.7 Å². The van der Waals surface area contributed by atoms with Crippen LogP contribution in [0.5, 0.6) is 0 Å². The second-order valence-corrected chi connectivity index (χ2v) is 5.97. The van der Waals surface area contributed by atoms with Gasteiger partial charge in [-0.15, -0.1) is 10.2 Å². The first-order chi connectivity index (χ1) is 9.38. The molecule has 0 spiro atoms. The highest BCUT2D eigenvalue weighted by atomic mass is 32.1. The first-order valence-electron chi connectivity index (χ1n) is 6.47. The number of nitrogens with zero attached hydrogens (tertiary/aromatic N) is 4. The van der Waals surface area contributed by atoms with Crippen LogP contribution in [0.15, 0.2) is 15.7 Å². The topological polar surface area (TPSA) is 76.2 Å². The third-order valence-electron chi connectivity index (χ3n) is 3.19. The quantitative estimate of drug-likeness (QED) is 0.670. The zero-order valence-electron chi connectivity index (χ0n) is 10.2. The van der Waals surface area contributed by atoms with E-state index in [4.69, 9.17) is 4.42 Å². The molecule has 0 aliphatic heterocycles. The van der Waals surface area contributed by atoms with Crippen molar-refractivity contribution in [2.45, 2.75) is 37.5 Å². The molecule has 2 aromatic rings. The molecule has 2 saturated carbocycles. The molecule has 2 heterocycles. The fourth-order valence-corrected chi connectivity index (χ4v) is 2.67. The molecule has 2 aliphatic rings. The van der Waals surface area contributed by atoms with Crippen LogP contribution in [-0.2, 0) is 0 Å². The maximum Gasteiger partial charge on any atom is 0.225 e. The molecule has 0 bridgehead atoms. The largest absolute Gasteiger partial charge is 0.439 e. The second kappa shape index (κ2) is 4.41. The Bertz CT molecular complexity index is 611. The Hall–Kier alpha value is -1.76. The standard InChI is InChI=1S/C12H13N5OS/c1-2-7(1)10-13-5-9(18-10)6-14-16-12-17-15-11(19-12)8-3-4-8/h5-8H,1-4H2,(H,16,17)/b14-6+. The van der Waals surface area contributed by atoms with Crippen molar-refractivity contribution in [2.75, 3.05) is 5.43 Å². The van der Waals surface area contributed by atoms with E-state index in [-0.39, 0.29) is 0 Å². The average Bonchev–Trinajstić information content (AvgIpc) is 3.35. The Kier molecular flexibility index (Phi) is 2.58. The van der Waals surface area contributed by atoms with Crippen LogP contribution in [0.4, 0.5) is 5.13 Å². The summed E-state index contributed by atoms with van der Waals surface area (Å²) in [6.07, 6.45) is 8.17. The molecule has 0 unspecified atom stereocenters. The molecule has 1 N–H and O–H groups in total. The van der Waals surface area contributed by atoms with E-state index in [9.17, 15) is 0 Å². The Morgan fingerprint density at radius 1 is 1.26 bits per heavy atom. The maximum atomic E-state index is 5.57. The molecular weight excluding hydrogens is 262 g/mol. The first kappa shape index (κ1) is 11.1. The van der Waals surface area contributed by atoms with Crippen LogP contribution in [0, 0.1) is 0 Å². The van der Waals surface area contributed by atoms with Crippen molar-refractivity contribution in [3.8, 4) is 0 Å². The number of aromatic nitrogens is 3. The smallest absolute Gasteiger partial charge is 0.225 e. The predicted molar refractivity (Wildman–Crippen MR) is 71.6 cm³/mol. The van der Waals surface area contributed by atoms with E-state index >= 15 is 0 Å². The lowest BCUT2D eigenvalue weighted by Crippen LogP contribution is -1.88. The molecule has 0 radical (unpaired) electrons. The van der Waals surface area contributed by atoms with Crippen molar-refractivity contribution in [1.82, 2.24) is 15.2 Å². The molecule has 0 amide bonds. The third-order valence-corrected chi connectivity index (χ3v) is 4.18. The Morgan fingerprint density at radius 2 is 2.11 bits per heavy atom. The van der Waals surface area contributed by atoms with E-state index in [1.54, 1.807) is 23.7 Å². The van der Waals surface area contributed by atoms with Gasteiger partial charge in [-0.1, -0.05) is 11.3 Å². The van der Waals surface area contributed by atoms with Gasteiger partial charge >= 0.3 is 0 Å². The minimum Gasteiger partial charge on any atom is -0.439 e. The Labute approximate surface area is 114 Å². The zero-order valence-corrected chi connectivity index (χ0v) is 11.1. The van der Waals surface area contributed by atoms with Gasteiger partial charge in [0.2, 0.25) is 5.13 Å². The van der Waals surface area contributed by atoms with E-state index in [2.05, 4.69) is 25.7 Å². The number of nitrogens with one attached hydrogen (secondary N) is 1. The third kappa shape index (κ3) is 2.51. The minimum absolute atomic E-state index is 0.527. The molecular formula is C12H13N5OS. The summed E-state index contributed by atoms with van der Waals surface area (Å²) in [5.74, 6) is 2.65. The summed E-state index contributed by atoms with van der Waals surface area (Å²) in [5.41, 5.74) is 2.88. The summed E-state index contributed by atoms with van der Waals surface area (Å²) in [6.45, 7) is 0. The van der Waals surface area contributed by atoms with Crippen LogP contribution in [0.2, 0.25) is 0 Å². The van der Waals surface area contributed by atoms with E-state index in [0.717, 1.165) is 16.0 Å². The van der Waals surface area contributed by atoms with E-state index < -0.39 is 0 Å². The summed E-state index contributed by atoms with van der Waals surface area (Å²) < 4.78 is 5.57. The van der Waals surface area contributed by atoms with Gasteiger partial charge in [-0.3, -0.25) is 5.43 Å². The van der Waals surface area contributed by atoms with Gasteiger partial charge in [-0.2, -0.15) is 5.10 Å². The van der Waals surface area contributed by atoms with Crippen LogP contribution in [0.1, 0.15) is 54.2 Å². The van der Waals surface area contributed by atoms with Crippen molar-refractivity contribution in [3.63, 3.8) is 0 Å². The molecule has 0 aromatic carbocycles. The fourth-order valence-electron chi connectivity index (χ4n) is 1.81. The van der Waals surface area contributed by atoms with E-state index in [1.165, 1.54) is 25.7 Å². The predicted octanol–water partition coefficient (Wildman–Crippen LogP) is 2.73. The monoisotopic (exact) mass is 275 g/mol. The second-order valence-electron chi connectivity index (χ2n) is 4.96. The molecule has 0 saturated heterocycles. The molecule has 19 heavy (non-hydrogen) atoms. The van der Waals surface area contributed by atoms with Crippen molar-refractivity contribution < 1.29 is 4.42 Å². The minimum atomic E-state index is 0.527.